The Hall–Kier alpha value is -3.04. The predicted molar refractivity (Wildman–Crippen MR) is 96.4 cm³/mol. The second kappa shape index (κ2) is 7.89. The van der Waals surface area contributed by atoms with Crippen LogP contribution in [0.15, 0.2) is 24.4 Å². The van der Waals surface area contributed by atoms with Gasteiger partial charge in [-0.05, 0) is 31.9 Å². The molecule has 0 saturated heterocycles. The number of methoxy groups -OCH3 is 1. The molecule has 1 aliphatic carbocycles. The lowest BCUT2D eigenvalue weighted by Crippen LogP contribution is -2.31. The molecule has 0 unspecified atom stereocenters. The maximum absolute atomic E-state index is 12.2. The minimum absolute atomic E-state index is 0.0169. The van der Waals surface area contributed by atoms with Crippen LogP contribution in [0.4, 0.5) is 0 Å². The molecule has 26 heavy (non-hydrogen) atoms. The van der Waals surface area contributed by atoms with Gasteiger partial charge in [-0.15, -0.1) is 0 Å². The molecule has 0 aliphatic heterocycles. The van der Waals surface area contributed by atoms with Gasteiger partial charge in [0.25, 0.3) is 0 Å². The molecule has 1 aromatic heterocycles. The predicted octanol–water partition coefficient (Wildman–Crippen LogP) is 1.86. The fourth-order valence-electron chi connectivity index (χ4n) is 2.99. The number of carbonyl (C=O) groups excluding carboxylic acids is 1. The van der Waals surface area contributed by atoms with Crippen LogP contribution in [0.3, 0.4) is 0 Å². The first-order valence-corrected chi connectivity index (χ1v) is 8.44. The van der Waals surface area contributed by atoms with Crippen LogP contribution in [0.25, 0.3) is 17.8 Å². The van der Waals surface area contributed by atoms with Gasteiger partial charge in [0, 0.05) is 35.6 Å². The van der Waals surface area contributed by atoms with Crippen LogP contribution in [-0.2, 0) is 9.47 Å². The van der Waals surface area contributed by atoms with Crippen molar-refractivity contribution in [2.45, 2.75) is 19.8 Å². The van der Waals surface area contributed by atoms with Crippen LogP contribution in [0, 0.1) is 11.3 Å². The zero-order chi connectivity index (χ0) is 18.5. The Balaban J connectivity index is 2.12. The number of hydrogen-bond acceptors (Lipinski definition) is 5. The first kappa shape index (κ1) is 17.8. The van der Waals surface area contributed by atoms with Crippen LogP contribution < -0.4 is 15.3 Å². The van der Waals surface area contributed by atoms with Crippen molar-refractivity contribution in [1.29, 1.82) is 5.26 Å². The van der Waals surface area contributed by atoms with E-state index in [0.717, 1.165) is 29.1 Å². The highest BCUT2D eigenvalue weighted by molar-refractivity contribution is 5.92. The van der Waals surface area contributed by atoms with Crippen molar-refractivity contribution >= 4 is 18.1 Å². The Kier molecular flexibility index (Phi) is 5.40. The van der Waals surface area contributed by atoms with E-state index in [1.807, 2.05) is 16.8 Å². The zero-order valence-corrected chi connectivity index (χ0v) is 14.8. The Morgan fingerprint density at radius 3 is 2.85 bits per heavy atom. The van der Waals surface area contributed by atoms with Gasteiger partial charge in [0.2, 0.25) is 0 Å². The van der Waals surface area contributed by atoms with E-state index in [9.17, 15) is 10.1 Å². The van der Waals surface area contributed by atoms with Crippen molar-refractivity contribution < 1.29 is 19.0 Å². The normalized spacial score (nSPS) is 12.3. The molecule has 0 bridgehead atoms. The van der Waals surface area contributed by atoms with E-state index >= 15 is 0 Å². The molecule has 0 spiro atoms. The molecule has 2 aromatic rings. The lowest BCUT2D eigenvalue weighted by atomic mass is 10.1. The van der Waals surface area contributed by atoms with Gasteiger partial charge in [0.1, 0.15) is 17.4 Å². The SMILES string of the molecule is CCOC(=O)c1ccc(-n2cc(C#N)c3c2=CCCC=3)cc1OCOC. The standard InChI is InChI=1S/C20H20N2O4/c1-3-25-20(23)17-9-8-15(10-19(17)26-13-24-2)22-12-14(11-21)16-6-4-5-7-18(16)22/h6-10,12H,3-5,13H2,1-2H3. The summed E-state index contributed by atoms with van der Waals surface area (Å²) in [6.07, 6.45) is 7.86. The van der Waals surface area contributed by atoms with E-state index in [4.69, 9.17) is 14.2 Å². The van der Waals surface area contributed by atoms with Crippen LogP contribution in [0.5, 0.6) is 5.75 Å². The molecular weight excluding hydrogens is 332 g/mol. The van der Waals surface area contributed by atoms with Crippen LogP contribution in [0.1, 0.15) is 35.7 Å². The number of esters is 1. The fraction of sp³-hybridized carbons (Fsp3) is 0.300. The summed E-state index contributed by atoms with van der Waals surface area (Å²) >= 11 is 0. The number of hydrogen-bond donors (Lipinski definition) is 0. The van der Waals surface area contributed by atoms with E-state index in [0.29, 0.717) is 16.9 Å². The largest absolute Gasteiger partial charge is 0.467 e. The molecule has 1 aliphatic rings. The molecule has 0 amide bonds. The highest BCUT2D eigenvalue weighted by atomic mass is 16.7. The first-order valence-electron chi connectivity index (χ1n) is 8.44. The van der Waals surface area contributed by atoms with Crippen molar-refractivity contribution in [3.05, 3.63) is 46.1 Å². The maximum atomic E-state index is 12.2. The van der Waals surface area contributed by atoms with E-state index in [1.165, 1.54) is 7.11 Å². The molecule has 0 atom stereocenters. The minimum atomic E-state index is -0.447. The summed E-state index contributed by atoms with van der Waals surface area (Å²) in [5, 5.41) is 11.3. The van der Waals surface area contributed by atoms with Gasteiger partial charge < -0.3 is 18.8 Å². The molecule has 1 aromatic carbocycles. The van der Waals surface area contributed by atoms with Crippen molar-refractivity contribution in [3.8, 4) is 17.5 Å². The minimum Gasteiger partial charge on any atom is -0.467 e. The molecular formula is C20H20N2O4. The molecule has 0 saturated carbocycles. The maximum Gasteiger partial charge on any atom is 0.341 e. The van der Waals surface area contributed by atoms with E-state index in [1.54, 1.807) is 19.1 Å². The zero-order valence-electron chi connectivity index (χ0n) is 14.8. The van der Waals surface area contributed by atoms with Gasteiger partial charge in [-0.1, -0.05) is 12.2 Å². The molecule has 6 nitrogen and oxygen atoms in total. The second-order valence-corrected chi connectivity index (χ2v) is 5.76. The average molecular weight is 352 g/mol. The van der Waals surface area contributed by atoms with Crippen LogP contribution in [-0.4, -0.2) is 31.0 Å². The highest BCUT2D eigenvalue weighted by Gasteiger charge is 2.16. The van der Waals surface area contributed by atoms with E-state index in [-0.39, 0.29) is 13.4 Å². The lowest BCUT2D eigenvalue weighted by Gasteiger charge is -2.13. The van der Waals surface area contributed by atoms with E-state index in [2.05, 4.69) is 18.2 Å². The number of nitrogens with zero attached hydrogens (tertiary/aromatic N) is 2. The van der Waals surface area contributed by atoms with Gasteiger partial charge in [-0.2, -0.15) is 5.26 Å². The highest BCUT2D eigenvalue weighted by Crippen LogP contribution is 2.23. The molecule has 0 fully saturated rings. The Morgan fingerprint density at radius 1 is 1.31 bits per heavy atom. The molecule has 3 rings (SSSR count). The summed E-state index contributed by atoms with van der Waals surface area (Å²) in [4.78, 5) is 12.2. The number of carbonyl (C=O) groups is 1. The summed E-state index contributed by atoms with van der Waals surface area (Å²) in [7, 11) is 1.51. The smallest absolute Gasteiger partial charge is 0.341 e. The third-order valence-electron chi connectivity index (χ3n) is 4.13. The molecule has 6 heteroatoms. The number of nitriles is 1. The van der Waals surface area contributed by atoms with Gasteiger partial charge in [-0.25, -0.2) is 4.79 Å². The quantitative estimate of drug-likeness (QED) is 0.586. The van der Waals surface area contributed by atoms with Crippen LogP contribution >= 0.6 is 0 Å². The third-order valence-corrected chi connectivity index (χ3v) is 4.13. The monoisotopic (exact) mass is 352 g/mol. The summed E-state index contributed by atoms with van der Waals surface area (Å²) in [5.74, 6) is -0.0687. The first-order chi connectivity index (χ1) is 12.7. The van der Waals surface area contributed by atoms with Gasteiger partial charge >= 0.3 is 5.97 Å². The van der Waals surface area contributed by atoms with Crippen molar-refractivity contribution in [3.63, 3.8) is 0 Å². The summed E-state index contributed by atoms with van der Waals surface area (Å²) < 4.78 is 17.6. The third kappa shape index (κ3) is 3.35. The number of benzene rings is 1. The van der Waals surface area contributed by atoms with Crippen molar-refractivity contribution in [2.24, 2.45) is 0 Å². The molecule has 0 N–H and O–H groups in total. The topological polar surface area (TPSA) is 73.5 Å². The van der Waals surface area contributed by atoms with Crippen LogP contribution in [0.2, 0.25) is 0 Å². The lowest BCUT2D eigenvalue weighted by molar-refractivity contribution is 0.0438. The van der Waals surface area contributed by atoms with Gasteiger partial charge in [0.05, 0.1) is 12.2 Å². The van der Waals surface area contributed by atoms with Gasteiger partial charge in [0.15, 0.2) is 6.79 Å². The Bertz CT molecular complexity index is 982. The molecule has 0 radical (unpaired) electrons. The molecule has 134 valence electrons. The number of aromatic nitrogens is 1. The Labute approximate surface area is 151 Å². The summed E-state index contributed by atoms with van der Waals surface area (Å²) in [6, 6.07) is 7.49. The van der Waals surface area contributed by atoms with Gasteiger partial charge in [-0.3, -0.25) is 0 Å². The number of rotatable bonds is 6. The summed E-state index contributed by atoms with van der Waals surface area (Å²) in [6.45, 7) is 2.05. The second-order valence-electron chi connectivity index (χ2n) is 5.76. The number of fused-ring (bicyclic) bond motifs is 1. The summed E-state index contributed by atoms with van der Waals surface area (Å²) in [5.41, 5.74) is 1.77. The number of ether oxygens (including phenoxy) is 3. The van der Waals surface area contributed by atoms with E-state index < -0.39 is 5.97 Å². The molecule has 1 heterocycles. The van der Waals surface area contributed by atoms with Crippen molar-refractivity contribution in [2.75, 3.05) is 20.5 Å². The van der Waals surface area contributed by atoms with Crippen molar-refractivity contribution in [1.82, 2.24) is 4.57 Å². The average Bonchev–Trinajstić information content (AvgIpc) is 3.05. The Morgan fingerprint density at radius 2 is 2.12 bits per heavy atom. The fourth-order valence-corrected chi connectivity index (χ4v) is 2.99.